The van der Waals surface area contributed by atoms with Gasteiger partial charge in [-0.2, -0.15) is 0 Å². The fraction of sp³-hybridized carbons (Fsp3) is 0.375. The van der Waals surface area contributed by atoms with Crippen molar-refractivity contribution in [3.63, 3.8) is 0 Å². The minimum absolute atomic E-state index is 0.0339. The van der Waals surface area contributed by atoms with Gasteiger partial charge in [0.15, 0.2) is 0 Å². The maximum absolute atomic E-state index is 12.9. The molecule has 2 aliphatic rings. The van der Waals surface area contributed by atoms with E-state index in [0.717, 1.165) is 18.0 Å². The average molecular weight is 421 g/mol. The number of imide groups is 1. The molecule has 4 rings (SSSR count). The van der Waals surface area contributed by atoms with E-state index in [1.165, 1.54) is 23.1 Å². The first-order valence-electron chi connectivity index (χ1n) is 10.6. The van der Waals surface area contributed by atoms with E-state index in [1.807, 2.05) is 17.0 Å². The van der Waals surface area contributed by atoms with E-state index in [-0.39, 0.29) is 30.3 Å². The summed E-state index contributed by atoms with van der Waals surface area (Å²) in [6.45, 7) is 2.69. The summed E-state index contributed by atoms with van der Waals surface area (Å²) < 4.78 is 0. The molecule has 2 heterocycles. The Morgan fingerprint density at radius 3 is 1.84 bits per heavy atom. The second-order valence-corrected chi connectivity index (χ2v) is 8.15. The summed E-state index contributed by atoms with van der Waals surface area (Å²) >= 11 is 0. The van der Waals surface area contributed by atoms with Crippen LogP contribution in [0.2, 0.25) is 0 Å². The minimum Gasteiger partial charge on any atom is -0.340 e. The number of piperazine rings is 1. The number of carbonyl (C=O) groups excluding carboxylic acids is 3. The number of likely N-dealkylation sites (N-methyl/N-ethyl adjacent to an activating group) is 2. The van der Waals surface area contributed by atoms with E-state index in [9.17, 15) is 14.4 Å². The zero-order chi connectivity index (χ0) is 22.0. The molecule has 0 bridgehead atoms. The highest BCUT2D eigenvalue weighted by Crippen LogP contribution is 2.29. The number of rotatable bonds is 5. The van der Waals surface area contributed by atoms with Crippen molar-refractivity contribution >= 4 is 17.8 Å². The van der Waals surface area contributed by atoms with Gasteiger partial charge in [-0.1, -0.05) is 60.7 Å². The van der Waals surface area contributed by atoms with Crippen molar-refractivity contribution in [1.29, 1.82) is 0 Å². The number of benzene rings is 2. The van der Waals surface area contributed by atoms with Crippen molar-refractivity contribution in [3.8, 4) is 0 Å². The van der Waals surface area contributed by atoms with Gasteiger partial charge in [-0.3, -0.25) is 19.4 Å². The monoisotopic (exact) mass is 420 g/mol. The number of nitrogens with zero attached hydrogens (tertiary/aromatic N) is 4. The molecule has 0 aromatic heterocycles. The molecule has 31 heavy (non-hydrogen) atoms. The molecule has 4 amide bonds. The van der Waals surface area contributed by atoms with Gasteiger partial charge in [0.2, 0.25) is 5.91 Å². The van der Waals surface area contributed by atoms with Gasteiger partial charge < -0.3 is 9.80 Å². The first kappa shape index (κ1) is 21.1. The summed E-state index contributed by atoms with van der Waals surface area (Å²) in [5.41, 5.74) is 2.46. The number of hydrogen-bond acceptors (Lipinski definition) is 4. The molecule has 0 radical (unpaired) electrons. The molecule has 0 spiro atoms. The number of urea groups is 1. The number of hydrogen-bond donors (Lipinski definition) is 0. The second-order valence-electron chi connectivity index (χ2n) is 8.15. The van der Waals surface area contributed by atoms with E-state index >= 15 is 0 Å². The summed E-state index contributed by atoms with van der Waals surface area (Å²) in [5, 5.41) is 0. The van der Waals surface area contributed by atoms with Crippen LogP contribution in [-0.4, -0.2) is 83.8 Å². The molecule has 0 saturated carbocycles. The van der Waals surface area contributed by atoms with Crippen molar-refractivity contribution < 1.29 is 14.4 Å². The van der Waals surface area contributed by atoms with Gasteiger partial charge in [0.25, 0.3) is 5.91 Å². The first-order valence-corrected chi connectivity index (χ1v) is 10.6. The Morgan fingerprint density at radius 2 is 1.39 bits per heavy atom. The fourth-order valence-electron chi connectivity index (χ4n) is 4.49. The summed E-state index contributed by atoms with van der Waals surface area (Å²) in [6, 6.07) is 19.9. The molecule has 0 N–H and O–H groups in total. The molecule has 1 atom stereocenters. The van der Waals surface area contributed by atoms with Crippen LogP contribution in [-0.2, 0) is 9.59 Å². The van der Waals surface area contributed by atoms with Crippen LogP contribution in [0.25, 0.3) is 0 Å². The van der Waals surface area contributed by atoms with Gasteiger partial charge in [-0.05, 0) is 11.1 Å². The maximum Gasteiger partial charge on any atom is 0.326 e. The lowest BCUT2D eigenvalue weighted by molar-refractivity contribution is -0.137. The smallest absolute Gasteiger partial charge is 0.326 e. The molecular formula is C24H28N4O3. The first-order chi connectivity index (χ1) is 15.0. The van der Waals surface area contributed by atoms with Crippen LogP contribution in [0.5, 0.6) is 0 Å². The molecule has 0 aliphatic carbocycles. The van der Waals surface area contributed by atoms with Crippen molar-refractivity contribution in [2.45, 2.75) is 18.5 Å². The minimum atomic E-state index is -0.704. The quantitative estimate of drug-likeness (QED) is 0.696. The molecule has 2 aliphatic heterocycles. The predicted molar refractivity (Wildman–Crippen MR) is 117 cm³/mol. The molecule has 7 nitrogen and oxygen atoms in total. The van der Waals surface area contributed by atoms with Gasteiger partial charge in [0, 0.05) is 40.3 Å². The summed E-state index contributed by atoms with van der Waals surface area (Å²) in [7, 11) is 3.03. The summed E-state index contributed by atoms with van der Waals surface area (Å²) in [5.74, 6) is -0.392. The highest BCUT2D eigenvalue weighted by molar-refractivity contribution is 6.05. The molecule has 0 unspecified atom stereocenters. The second kappa shape index (κ2) is 8.89. The van der Waals surface area contributed by atoms with E-state index in [4.69, 9.17) is 0 Å². The predicted octanol–water partition coefficient (Wildman–Crippen LogP) is 2.20. The number of amides is 4. The molecule has 2 aromatic carbocycles. The van der Waals surface area contributed by atoms with Crippen LogP contribution in [0.4, 0.5) is 4.79 Å². The van der Waals surface area contributed by atoms with Crippen LogP contribution >= 0.6 is 0 Å². The lowest BCUT2D eigenvalue weighted by Crippen LogP contribution is -2.51. The summed E-state index contributed by atoms with van der Waals surface area (Å²) in [4.78, 5) is 43.8. The third-order valence-corrected chi connectivity index (χ3v) is 6.30. The van der Waals surface area contributed by atoms with Gasteiger partial charge in [0.1, 0.15) is 6.04 Å². The van der Waals surface area contributed by atoms with Crippen LogP contribution in [0, 0.1) is 0 Å². The van der Waals surface area contributed by atoms with Crippen molar-refractivity contribution in [2.24, 2.45) is 0 Å². The molecule has 162 valence electrons. The van der Waals surface area contributed by atoms with Crippen molar-refractivity contribution in [3.05, 3.63) is 71.8 Å². The topological polar surface area (TPSA) is 64.2 Å². The molecule has 2 fully saturated rings. The normalized spacial score (nSPS) is 20.1. The Labute approximate surface area is 182 Å². The standard InChI is InChI=1S/C24H28N4O3/c1-25-20(23(30)26(2)24(25)31)17-21(29)27-13-15-28(16-14-27)22(18-9-5-3-6-10-18)19-11-7-4-8-12-19/h3-12,20,22H,13-17H2,1-2H3/t20-/m1/s1. The van der Waals surface area contributed by atoms with Gasteiger partial charge in [-0.25, -0.2) is 4.79 Å². The molecule has 2 aromatic rings. The Hall–Kier alpha value is -3.19. The van der Waals surface area contributed by atoms with Gasteiger partial charge in [-0.15, -0.1) is 0 Å². The zero-order valence-electron chi connectivity index (χ0n) is 18.0. The summed E-state index contributed by atoms with van der Waals surface area (Å²) in [6.07, 6.45) is 0.0339. The highest BCUT2D eigenvalue weighted by atomic mass is 16.2. The third-order valence-electron chi connectivity index (χ3n) is 6.30. The van der Waals surface area contributed by atoms with Crippen LogP contribution in [0.1, 0.15) is 23.6 Å². The Balaban J connectivity index is 1.43. The Kier molecular flexibility index (Phi) is 6.04. The average Bonchev–Trinajstić information content (AvgIpc) is 2.99. The van der Waals surface area contributed by atoms with Crippen molar-refractivity contribution in [1.82, 2.24) is 19.6 Å². The molecule has 7 heteroatoms. The zero-order valence-corrected chi connectivity index (χ0v) is 18.0. The van der Waals surface area contributed by atoms with E-state index in [2.05, 4.69) is 53.4 Å². The third kappa shape index (κ3) is 4.18. The van der Waals surface area contributed by atoms with Crippen molar-refractivity contribution in [2.75, 3.05) is 40.3 Å². The van der Waals surface area contributed by atoms with Crippen LogP contribution in [0.15, 0.2) is 60.7 Å². The van der Waals surface area contributed by atoms with Gasteiger partial charge in [0.05, 0.1) is 12.5 Å². The Morgan fingerprint density at radius 1 is 0.871 bits per heavy atom. The molecular weight excluding hydrogens is 392 g/mol. The van der Waals surface area contributed by atoms with Crippen LogP contribution < -0.4 is 0 Å². The maximum atomic E-state index is 12.9. The van der Waals surface area contributed by atoms with Gasteiger partial charge >= 0.3 is 6.03 Å². The van der Waals surface area contributed by atoms with E-state index < -0.39 is 6.04 Å². The molecule has 2 saturated heterocycles. The lowest BCUT2D eigenvalue weighted by atomic mass is 9.96. The van der Waals surface area contributed by atoms with E-state index in [0.29, 0.717) is 13.1 Å². The highest BCUT2D eigenvalue weighted by Gasteiger charge is 2.42. The van der Waals surface area contributed by atoms with Crippen LogP contribution in [0.3, 0.4) is 0 Å². The number of carbonyl (C=O) groups is 3. The fourth-order valence-corrected chi connectivity index (χ4v) is 4.49. The van der Waals surface area contributed by atoms with E-state index in [1.54, 1.807) is 7.05 Å². The Bertz CT molecular complexity index is 902. The largest absolute Gasteiger partial charge is 0.340 e. The lowest BCUT2D eigenvalue weighted by Gasteiger charge is -2.40. The SMILES string of the molecule is CN1C(=O)[C@@H](CC(=O)N2CCN(C(c3ccccc3)c3ccccc3)CC2)N(C)C1=O.